The number of methoxy groups -OCH3 is 1. The second-order valence-electron chi connectivity index (χ2n) is 5.79. The number of carbonyl (C=O) groups excluding carboxylic acids is 1. The molecule has 28 heavy (non-hydrogen) atoms. The maximum Gasteiger partial charge on any atom is 0.255 e. The minimum atomic E-state index is -0.383. The van der Waals surface area contributed by atoms with Crippen LogP contribution in [0.1, 0.15) is 23.7 Å². The Labute approximate surface area is 172 Å². The maximum absolute atomic E-state index is 12.8. The van der Waals surface area contributed by atoms with Gasteiger partial charge in [0.05, 0.1) is 30.1 Å². The van der Waals surface area contributed by atoms with Crippen molar-refractivity contribution in [3.8, 4) is 17.2 Å². The zero-order chi connectivity index (χ0) is 20.1. The number of hydrogen-bond donors (Lipinski definition) is 1. The Morgan fingerprint density at radius 2 is 2.07 bits per heavy atom. The lowest BCUT2D eigenvalue weighted by molar-refractivity contribution is 0.102. The average Bonchev–Trinajstić information content (AvgIpc) is 3.21. The largest absolute Gasteiger partial charge is 0.493 e. The molecule has 2 aromatic carbocycles. The number of anilines is 1. The maximum atomic E-state index is 12.8. The van der Waals surface area contributed by atoms with E-state index in [0.29, 0.717) is 45.1 Å². The number of halogens is 2. The van der Waals surface area contributed by atoms with Crippen LogP contribution in [0.3, 0.4) is 0 Å². The minimum Gasteiger partial charge on any atom is -0.493 e. The summed E-state index contributed by atoms with van der Waals surface area (Å²) in [5, 5.41) is 7.68. The highest BCUT2D eigenvalue weighted by molar-refractivity contribution is 6.33. The van der Waals surface area contributed by atoms with Crippen LogP contribution in [0.15, 0.2) is 43.0 Å². The predicted octanol–water partition coefficient (Wildman–Crippen LogP) is 4.62. The molecular formula is C19H18Cl2N4O3. The van der Waals surface area contributed by atoms with E-state index >= 15 is 0 Å². The highest BCUT2D eigenvalue weighted by atomic mass is 35.5. The van der Waals surface area contributed by atoms with Crippen molar-refractivity contribution >= 4 is 34.8 Å². The molecule has 9 heteroatoms. The number of aromatic nitrogens is 3. The van der Waals surface area contributed by atoms with Gasteiger partial charge in [0.15, 0.2) is 11.5 Å². The number of benzene rings is 2. The lowest BCUT2D eigenvalue weighted by Crippen LogP contribution is -2.14. The fourth-order valence-electron chi connectivity index (χ4n) is 2.53. The number of carbonyl (C=O) groups is 1. The van der Waals surface area contributed by atoms with Gasteiger partial charge in [0.2, 0.25) is 0 Å². The fourth-order valence-corrected chi connectivity index (χ4v) is 2.97. The van der Waals surface area contributed by atoms with Crippen molar-refractivity contribution in [1.82, 2.24) is 14.8 Å². The van der Waals surface area contributed by atoms with E-state index in [-0.39, 0.29) is 5.91 Å². The lowest BCUT2D eigenvalue weighted by Gasteiger charge is -2.15. The first-order chi connectivity index (χ1) is 13.5. The van der Waals surface area contributed by atoms with E-state index in [1.807, 2.05) is 6.92 Å². The molecule has 3 rings (SSSR count). The van der Waals surface area contributed by atoms with Crippen LogP contribution in [-0.2, 0) is 0 Å². The van der Waals surface area contributed by atoms with E-state index in [1.165, 1.54) is 30.5 Å². The Morgan fingerprint density at radius 3 is 2.75 bits per heavy atom. The van der Waals surface area contributed by atoms with E-state index in [2.05, 4.69) is 15.4 Å². The summed E-state index contributed by atoms with van der Waals surface area (Å²) in [5.41, 5.74) is 1.41. The van der Waals surface area contributed by atoms with Crippen LogP contribution in [0.2, 0.25) is 10.0 Å². The molecule has 0 atom stereocenters. The number of hydrogen-bond acceptors (Lipinski definition) is 5. The first-order valence-electron chi connectivity index (χ1n) is 8.49. The zero-order valence-corrected chi connectivity index (χ0v) is 16.8. The van der Waals surface area contributed by atoms with Gasteiger partial charge in [0, 0.05) is 10.6 Å². The summed E-state index contributed by atoms with van der Waals surface area (Å²) in [5.74, 6) is 0.410. The van der Waals surface area contributed by atoms with Gasteiger partial charge in [0.1, 0.15) is 12.7 Å². The third-order valence-corrected chi connectivity index (χ3v) is 4.33. The van der Waals surface area contributed by atoms with Crippen molar-refractivity contribution in [1.29, 1.82) is 0 Å². The average molecular weight is 421 g/mol. The van der Waals surface area contributed by atoms with Gasteiger partial charge in [-0.3, -0.25) is 4.79 Å². The smallest absolute Gasteiger partial charge is 0.255 e. The summed E-state index contributed by atoms with van der Waals surface area (Å²) in [6, 6.07) is 8.18. The highest BCUT2D eigenvalue weighted by Gasteiger charge is 2.17. The molecule has 1 aromatic heterocycles. The van der Waals surface area contributed by atoms with E-state index < -0.39 is 0 Å². The van der Waals surface area contributed by atoms with Crippen molar-refractivity contribution in [2.24, 2.45) is 0 Å². The number of rotatable bonds is 7. The Morgan fingerprint density at radius 1 is 1.25 bits per heavy atom. The molecule has 146 valence electrons. The van der Waals surface area contributed by atoms with Crippen molar-refractivity contribution in [3.05, 3.63) is 58.6 Å². The molecule has 7 nitrogen and oxygen atoms in total. The van der Waals surface area contributed by atoms with E-state index in [0.717, 1.165) is 6.42 Å². The first kappa shape index (κ1) is 20.0. The van der Waals surface area contributed by atoms with Gasteiger partial charge in [-0.05, 0) is 36.8 Å². The molecule has 0 saturated carbocycles. The molecule has 0 fully saturated rings. The third kappa shape index (κ3) is 4.37. The molecule has 0 unspecified atom stereocenters. The van der Waals surface area contributed by atoms with Crippen LogP contribution in [0.25, 0.3) is 5.69 Å². The molecule has 0 radical (unpaired) electrons. The summed E-state index contributed by atoms with van der Waals surface area (Å²) in [4.78, 5) is 16.8. The van der Waals surface area contributed by atoms with Gasteiger partial charge in [-0.1, -0.05) is 30.1 Å². The van der Waals surface area contributed by atoms with Crippen molar-refractivity contribution < 1.29 is 14.3 Å². The lowest BCUT2D eigenvalue weighted by atomic mass is 10.1. The molecule has 0 aliphatic carbocycles. The predicted molar refractivity (Wildman–Crippen MR) is 108 cm³/mol. The van der Waals surface area contributed by atoms with Crippen LogP contribution in [0, 0.1) is 0 Å². The Hall–Kier alpha value is -2.77. The highest BCUT2D eigenvalue weighted by Crippen LogP contribution is 2.37. The summed E-state index contributed by atoms with van der Waals surface area (Å²) in [6.45, 7) is 2.48. The Balaban J connectivity index is 1.92. The SMILES string of the molecule is CCCOc1c(Cl)cc(C(=O)Nc2cc(Cl)ccc2-n2cncn2)cc1OC. The Kier molecular flexibility index (Phi) is 6.38. The Bertz CT molecular complexity index is 978. The van der Waals surface area contributed by atoms with Crippen molar-refractivity contribution in [3.63, 3.8) is 0 Å². The number of amides is 1. The quantitative estimate of drug-likeness (QED) is 0.602. The van der Waals surface area contributed by atoms with E-state index in [1.54, 1.807) is 24.3 Å². The summed E-state index contributed by atoms with van der Waals surface area (Å²) < 4.78 is 12.5. The van der Waals surface area contributed by atoms with Gasteiger partial charge in [-0.15, -0.1) is 0 Å². The van der Waals surface area contributed by atoms with Crippen molar-refractivity contribution in [2.45, 2.75) is 13.3 Å². The third-order valence-electron chi connectivity index (χ3n) is 3.81. The molecule has 0 spiro atoms. The van der Waals surface area contributed by atoms with Gasteiger partial charge in [-0.25, -0.2) is 9.67 Å². The molecule has 1 N–H and O–H groups in total. The van der Waals surface area contributed by atoms with Crippen LogP contribution in [0.5, 0.6) is 11.5 Å². The van der Waals surface area contributed by atoms with Crippen LogP contribution < -0.4 is 14.8 Å². The van der Waals surface area contributed by atoms with E-state index in [4.69, 9.17) is 32.7 Å². The number of nitrogens with one attached hydrogen (secondary N) is 1. The fraction of sp³-hybridized carbons (Fsp3) is 0.211. The summed E-state index contributed by atoms with van der Waals surface area (Å²) >= 11 is 12.4. The zero-order valence-electron chi connectivity index (χ0n) is 15.3. The number of nitrogens with zero attached hydrogens (tertiary/aromatic N) is 3. The molecule has 0 aliphatic heterocycles. The van der Waals surface area contributed by atoms with Gasteiger partial charge in [-0.2, -0.15) is 5.10 Å². The molecule has 1 amide bonds. The van der Waals surface area contributed by atoms with Gasteiger partial charge in [0.25, 0.3) is 5.91 Å². The molecule has 0 bridgehead atoms. The second-order valence-corrected chi connectivity index (χ2v) is 6.64. The molecule has 1 heterocycles. The second kappa shape index (κ2) is 8.95. The molecule has 0 aliphatic rings. The monoisotopic (exact) mass is 420 g/mol. The summed E-state index contributed by atoms with van der Waals surface area (Å²) in [6.07, 6.45) is 3.75. The van der Waals surface area contributed by atoms with Crippen LogP contribution in [-0.4, -0.2) is 34.4 Å². The van der Waals surface area contributed by atoms with Crippen LogP contribution >= 0.6 is 23.2 Å². The standard InChI is InChI=1S/C19H18Cl2N4O3/c1-3-6-28-18-14(21)7-12(8-17(18)27-2)19(26)24-15-9-13(20)4-5-16(15)25-11-22-10-23-25/h4-5,7-11H,3,6H2,1-2H3,(H,24,26). The first-order valence-corrected chi connectivity index (χ1v) is 9.25. The van der Waals surface area contributed by atoms with Gasteiger partial charge < -0.3 is 14.8 Å². The normalized spacial score (nSPS) is 10.6. The molecular weight excluding hydrogens is 403 g/mol. The van der Waals surface area contributed by atoms with Crippen molar-refractivity contribution in [2.75, 3.05) is 19.0 Å². The van der Waals surface area contributed by atoms with E-state index in [9.17, 15) is 4.79 Å². The topological polar surface area (TPSA) is 78.3 Å². The molecule has 0 saturated heterocycles. The molecule has 3 aromatic rings. The number of ether oxygens (including phenoxy) is 2. The summed E-state index contributed by atoms with van der Waals surface area (Å²) in [7, 11) is 1.49. The van der Waals surface area contributed by atoms with Gasteiger partial charge >= 0.3 is 0 Å². The van der Waals surface area contributed by atoms with Crippen LogP contribution in [0.4, 0.5) is 5.69 Å². The minimum absolute atomic E-state index is 0.292.